The predicted molar refractivity (Wildman–Crippen MR) is 95.0 cm³/mol. The second-order valence-corrected chi connectivity index (χ2v) is 5.24. The molecule has 0 fully saturated rings. The van der Waals surface area contributed by atoms with Crippen molar-refractivity contribution >= 4 is 5.71 Å². The molecule has 0 saturated carbocycles. The number of benzene rings is 2. The van der Waals surface area contributed by atoms with E-state index in [-0.39, 0.29) is 5.71 Å². The number of nitrogens with zero attached hydrogens (tertiary/aromatic N) is 2. The number of hydrogen-bond acceptors (Lipinski definition) is 4. The van der Waals surface area contributed by atoms with Crippen molar-refractivity contribution in [2.24, 2.45) is 5.16 Å². The molecule has 4 nitrogen and oxygen atoms in total. The van der Waals surface area contributed by atoms with Gasteiger partial charge in [-0.2, -0.15) is 5.26 Å². The molecule has 0 bridgehead atoms. The van der Waals surface area contributed by atoms with Gasteiger partial charge in [0.25, 0.3) is 0 Å². The van der Waals surface area contributed by atoms with Crippen LogP contribution in [-0.4, -0.2) is 12.8 Å². The first-order valence-corrected chi connectivity index (χ1v) is 7.63. The monoisotopic (exact) mass is 320 g/mol. The molecule has 0 aliphatic rings. The van der Waals surface area contributed by atoms with Crippen molar-refractivity contribution in [3.05, 3.63) is 77.4 Å². The van der Waals surface area contributed by atoms with Crippen LogP contribution in [-0.2, 0) is 17.9 Å². The summed E-state index contributed by atoms with van der Waals surface area (Å²) in [6.07, 6.45) is 2.60. The first-order chi connectivity index (χ1) is 11.7. The van der Waals surface area contributed by atoms with Crippen LogP contribution in [0.3, 0.4) is 0 Å². The zero-order valence-electron chi connectivity index (χ0n) is 14.0. The van der Waals surface area contributed by atoms with Crippen molar-refractivity contribution in [3.63, 3.8) is 0 Å². The Morgan fingerprint density at radius 2 is 1.96 bits per heavy atom. The van der Waals surface area contributed by atoms with Crippen LogP contribution in [0.15, 0.2) is 60.3 Å². The van der Waals surface area contributed by atoms with E-state index >= 15 is 0 Å². The van der Waals surface area contributed by atoms with Crippen LogP contribution >= 0.6 is 0 Å². The van der Waals surface area contributed by atoms with E-state index in [1.165, 1.54) is 7.11 Å². The van der Waals surface area contributed by atoms with Gasteiger partial charge in [-0.25, -0.2) is 0 Å². The smallest absolute Gasteiger partial charge is 0.187 e. The van der Waals surface area contributed by atoms with Gasteiger partial charge in [-0.15, -0.1) is 6.58 Å². The Hall–Kier alpha value is -3.06. The molecule has 2 aromatic carbocycles. The van der Waals surface area contributed by atoms with Crippen LogP contribution in [0.5, 0.6) is 5.75 Å². The van der Waals surface area contributed by atoms with E-state index in [2.05, 4.69) is 17.8 Å². The molecule has 0 N–H and O–H groups in total. The maximum Gasteiger partial charge on any atom is 0.187 e. The van der Waals surface area contributed by atoms with Crippen LogP contribution in [0.4, 0.5) is 0 Å². The van der Waals surface area contributed by atoms with E-state index in [4.69, 9.17) is 9.57 Å². The molecule has 24 heavy (non-hydrogen) atoms. The summed E-state index contributed by atoms with van der Waals surface area (Å²) in [7, 11) is 1.42. The van der Waals surface area contributed by atoms with Gasteiger partial charge in [-0.05, 0) is 30.0 Å². The lowest BCUT2D eigenvalue weighted by Gasteiger charge is -2.15. The normalized spacial score (nSPS) is 10.8. The molecule has 0 amide bonds. The molecule has 2 rings (SSSR count). The van der Waals surface area contributed by atoms with Crippen molar-refractivity contribution in [1.82, 2.24) is 0 Å². The molecule has 0 radical (unpaired) electrons. The Labute approximate surface area is 142 Å². The van der Waals surface area contributed by atoms with E-state index < -0.39 is 0 Å². The van der Waals surface area contributed by atoms with Gasteiger partial charge in [-0.3, -0.25) is 0 Å². The first kappa shape index (κ1) is 17.3. The summed E-state index contributed by atoms with van der Waals surface area (Å²) in [6, 6.07) is 15.6. The Morgan fingerprint density at radius 1 is 1.21 bits per heavy atom. The van der Waals surface area contributed by atoms with Gasteiger partial charge in [0.15, 0.2) is 5.71 Å². The minimum absolute atomic E-state index is 0.229. The number of para-hydroxylation sites is 1. The van der Waals surface area contributed by atoms with Gasteiger partial charge in [-0.1, -0.05) is 53.7 Å². The van der Waals surface area contributed by atoms with Crippen molar-refractivity contribution < 1.29 is 9.57 Å². The van der Waals surface area contributed by atoms with Gasteiger partial charge in [0.05, 0.1) is 0 Å². The van der Waals surface area contributed by atoms with E-state index in [9.17, 15) is 5.26 Å². The average Bonchev–Trinajstić information content (AvgIpc) is 2.60. The standard InChI is InChI=1S/C20H20N2O2/c1-4-8-16-11-7-9-15(2)20(16)24-14-17-10-5-6-12-18(17)19(13-21)22-23-3/h4-7,9-12H,1,8,14H2,2-3H3/b22-19-. The zero-order valence-corrected chi connectivity index (χ0v) is 14.0. The molecule has 0 saturated heterocycles. The number of allylic oxidation sites excluding steroid dienone is 1. The summed E-state index contributed by atoms with van der Waals surface area (Å²) in [4.78, 5) is 4.75. The van der Waals surface area contributed by atoms with E-state index in [0.29, 0.717) is 12.2 Å². The lowest BCUT2D eigenvalue weighted by Crippen LogP contribution is -2.07. The summed E-state index contributed by atoms with van der Waals surface area (Å²) >= 11 is 0. The van der Waals surface area contributed by atoms with Crippen LogP contribution in [0, 0.1) is 18.3 Å². The molecule has 122 valence electrons. The summed E-state index contributed by atoms with van der Waals surface area (Å²) in [5.74, 6) is 0.856. The van der Waals surface area contributed by atoms with Crippen LogP contribution < -0.4 is 4.74 Å². The third-order valence-electron chi connectivity index (χ3n) is 3.59. The largest absolute Gasteiger partial charge is 0.488 e. The fraction of sp³-hybridized carbons (Fsp3) is 0.200. The lowest BCUT2D eigenvalue weighted by atomic mass is 10.0. The van der Waals surface area contributed by atoms with E-state index in [0.717, 1.165) is 28.9 Å². The molecular weight excluding hydrogens is 300 g/mol. The Bertz CT molecular complexity index is 788. The summed E-state index contributed by atoms with van der Waals surface area (Å²) < 4.78 is 6.07. The average molecular weight is 320 g/mol. The highest BCUT2D eigenvalue weighted by atomic mass is 16.6. The number of oxime groups is 1. The summed E-state index contributed by atoms with van der Waals surface area (Å²) in [6.45, 7) is 6.15. The Morgan fingerprint density at radius 3 is 2.67 bits per heavy atom. The van der Waals surface area contributed by atoms with Crippen LogP contribution in [0.2, 0.25) is 0 Å². The first-order valence-electron chi connectivity index (χ1n) is 7.63. The van der Waals surface area contributed by atoms with E-state index in [1.54, 1.807) is 0 Å². The fourth-order valence-electron chi connectivity index (χ4n) is 2.48. The molecule has 0 unspecified atom stereocenters. The van der Waals surface area contributed by atoms with Crippen LogP contribution in [0.1, 0.15) is 22.3 Å². The maximum atomic E-state index is 9.27. The summed E-state index contributed by atoms with van der Waals surface area (Å²) in [5, 5.41) is 13.0. The number of nitriles is 1. The number of aryl methyl sites for hydroxylation is 1. The molecule has 0 spiro atoms. The van der Waals surface area contributed by atoms with Crippen molar-refractivity contribution in [2.75, 3.05) is 7.11 Å². The SMILES string of the molecule is C=CCc1cccc(C)c1OCc1ccccc1/C(C#N)=N\OC. The molecule has 0 atom stereocenters. The maximum absolute atomic E-state index is 9.27. The highest BCUT2D eigenvalue weighted by Gasteiger charge is 2.12. The van der Waals surface area contributed by atoms with Crippen molar-refractivity contribution in [1.29, 1.82) is 5.26 Å². The van der Waals surface area contributed by atoms with Gasteiger partial charge in [0.2, 0.25) is 0 Å². The Kier molecular flexibility index (Phi) is 6.16. The fourth-order valence-corrected chi connectivity index (χ4v) is 2.48. The minimum atomic E-state index is 0.229. The van der Waals surface area contributed by atoms with Gasteiger partial charge in [0.1, 0.15) is 25.5 Å². The highest BCUT2D eigenvalue weighted by molar-refractivity contribution is 6.12. The second kappa shape index (κ2) is 8.54. The van der Waals surface area contributed by atoms with Crippen LogP contribution in [0.25, 0.3) is 0 Å². The third-order valence-corrected chi connectivity index (χ3v) is 3.59. The molecule has 0 aliphatic carbocycles. The van der Waals surface area contributed by atoms with Gasteiger partial charge in [0, 0.05) is 5.56 Å². The molecule has 4 heteroatoms. The minimum Gasteiger partial charge on any atom is -0.488 e. The number of rotatable bonds is 7. The van der Waals surface area contributed by atoms with Crippen molar-refractivity contribution in [2.45, 2.75) is 20.0 Å². The molecule has 0 heterocycles. The lowest BCUT2D eigenvalue weighted by molar-refractivity contribution is 0.214. The second-order valence-electron chi connectivity index (χ2n) is 5.24. The van der Waals surface area contributed by atoms with Gasteiger partial charge >= 0.3 is 0 Å². The molecule has 0 aliphatic heterocycles. The summed E-state index contributed by atoms with van der Waals surface area (Å²) in [5.41, 5.74) is 3.97. The molecule has 2 aromatic rings. The predicted octanol–water partition coefficient (Wildman–Crippen LogP) is 4.18. The number of ether oxygens (including phenoxy) is 1. The highest BCUT2D eigenvalue weighted by Crippen LogP contribution is 2.25. The third kappa shape index (κ3) is 4.02. The van der Waals surface area contributed by atoms with Crippen molar-refractivity contribution in [3.8, 4) is 11.8 Å². The molecular formula is C20H20N2O2. The van der Waals surface area contributed by atoms with E-state index in [1.807, 2.05) is 55.5 Å². The Balaban J connectivity index is 2.30. The number of hydrogen-bond donors (Lipinski definition) is 0. The zero-order chi connectivity index (χ0) is 17.4. The topological polar surface area (TPSA) is 54.6 Å². The quantitative estimate of drug-likeness (QED) is 0.437. The van der Waals surface area contributed by atoms with Gasteiger partial charge < -0.3 is 9.57 Å². The molecule has 0 aromatic heterocycles.